The lowest BCUT2D eigenvalue weighted by atomic mass is 10.3. The van der Waals surface area contributed by atoms with Crippen LogP contribution in [0.5, 0.6) is 5.75 Å². The average molecular weight is 387 g/mol. The van der Waals surface area contributed by atoms with Crippen molar-refractivity contribution in [2.45, 2.75) is 16.8 Å². The minimum Gasteiger partial charge on any atom is -0.505 e. The van der Waals surface area contributed by atoms with E-state index in [1.54, 1.807) is 0 Å². The lowest BCUT2D eigenvalue weighted by Crippen LogP contribution is -2.23. The fourth-order valence-corrected chi connectivity index (χ4v) is 2.65. The van der Waals surface area contributed by atoms with Crippen molar-refractivity contribution < 1.29 is 31.5 Å². The molecule has 1 aromatic carbocycles. The number of hydrogen-bond acceptors (Lipinski definition) is 5. The summed E-state index contributed by atoms with van der Waals surface area (Å²) in [5.41, 5.74) is -6.09. The molecule has 6 nitrogen and oxygen atoms in total. The molecule has 0 heterocycles. The monoisotopic (exact) mass is 386 g/mol. The van der Waals surface area contributed by atoms with Crippen molar-refractivity contribution in [1.82, 2.24) is 0 Å². The number of sulfone groups is 1. The van der Waals surface area contributed by atoms with Crippen LogP contribution in [0.25, 0.3) is 0 Å². The van der Waals surface area contributed by atoms with Gasteiger partial charge in [0, 0.05) is 0 Å². The van der Waals surface area contributed by atoms with Crippen molar-refractivity contribution in [3.05, 3.63) is 16.6 Å². The van der Waals surface area contributed by atoms with Crippen LogP contribution >= 0.6 is 15.9 Å². The van der Waals surface area contributed by atoms with Crippen LogP contribution in [-0.2, 0) is 14.6 Å². The molecule has 11 heteroatoms. The number of aromatic hydroxyl groups is 1. The van der Waals surface area contributed by atoms with Crippen LogP contribution in [0.2, 0.25) is 0 Å². The summed E-state index contributed by atoms with van der Waals surface area (Å²) in [4.78, 5) is 10.0. The highest BCUT2D eigenvalue weighted by atomic mass is 79.9. The van der Waals surface area contributed by atoms with Gasteiger partial charge >= 0.3 is 5.51 Å². The van der Waals surface area contributed by atoms with E-state index < -0.39 is 44.0 Å². The number of phenols is 1. The fraction of sp³-hybridized carbons (Fsp3) is 0.200. The van der Waals surface area contributed by atoms with Gasteiger partial charge in [-0.25, -0.2) is 8.42 Å². The Kier molecular flexibility index (Phi) is 4.85. The molecule has 0 aliphatic rings. The first kappa shape index (κ1) is 17.3. The average Bonchev–Trinajstić information content (AvgIpc) is 2.33. The van der Waals surface area contributed by atoms with Gasteiger partial charge in [-0.3, -0.25) is 4.79 Å². The molecule has 2 N–H and O–H groups in total. The molecule has 0 unspecified atom stereocenters. The van der Waals surface area contributed by atoms with Crippen LogP contribution in [0.1, 0.15) is 6.42 Å². The van der Waals surface area contributed by atoms with E-state index in [0.717, 1.165) is 0 Å². The van der Waals surface area contributed by atoms with Gasteiger partial charge in [0.15, 0.2) is 5.75 Å². The Balaban J connectivity index is 3.38. The van der Waals surface area contributed by atoms with E-state index in [9.17, 15) is 31.5 Å². The van der Waals surface area contributed by atoms with Crippen molar-refractivity contribution in [1.29, 1.82) is 5.26 Å². The van der Waals surface area contributed by atoms with Crippen molar-refractivity contribution in [2.75, 3.05) is 5.32 Å². The van der Waals surface area contributed by atoms with Crippen LogP contribution in [0.4, 0.5) is 18.9 Å². The molecule has 1 rings (SSSR count). The summed E-state index contributed by atoms with van der Waals surface area (Å²) < 4.78 is 59.6. The number of nitrogens with one attached hydrogen (secondary N) is 1. The second kappa shape index (κ2) is 5.90. The minimum absolute atomic E-state index is 0.361. The van der Waals surface area contributed by atoms with E-state index in [1.807, 2.05) is 5.32 Å². The van der Waals surface area contributed by atoms with Crippen LogP contribution in [0, 0.1) is 11.3 Å². The number of hydrogen-bond donors (Lipinski definition) is 2. The third-order valence-corrected chi connectivity index (χ3v) is 4.24. The molecule has 0 atom stereocenters. The molecular weight excluding hydrogens is 381 g/mol. The summed E-state index contributed by atoms with van der Waals surface area (Å²) in [6, 6.07) is 2.50. The summed E-state index contributed by atoms with van der Waals surface area (Å²) in [6.45, 7) is 0. The predicted octanol–water partition coefficient (Wildman–Crippen LogP) is 2.30. The normalized spacial score (nSPS) is 11.8. The first-order chi connectivity index (χ1) is 9.50. The molecule has 1 amide bonds. The van der Waals surface area contributed by atoms with Crippen molar-refractivity contribution in [3.63, 3.8) is 0 Å². The van der Waals surface area contributed by atoms with Gasteiger partial charge in [-0.2, -0.15) is 18.4 Å². The van der Waals surface area contributed by atoms with Gasteiger partial charge in [0.1, 0.15) is 6.42 Å². The molecule has 0 aromatic heterocycles. The molecule has 0 saturated heterocycles. The Bertz CT molecular complexity index is 725. The Morgan fingerprint density at radius 1 is 1.43 bits per heavy atom. The first-order valence-corrected chi connectivity index (χ1v) is 7.29. The van der Waals surface area contributed by atoms with Gasteiger partial charge in [-0.1, -0.05) is 0 Å². The zero-order chi connectivity index (χ0) is 16.4. The Hall–Kier alpha value is -1.80. The molecule has 0 aliphatic heterocycles. The van der Waals surface area contributed by atoms with Crippen molar-refractivity contribution in [2.24, 2.45) is 0 Å². The number of nitriles is 1. The number of carbonyl (C=O) groups excluding carboxylic acids is 1. The summed E-state index contributed by atoms with van der Waals surface area (Å²) in [5, 5.41) is 19.8. The molecule has 1 aromatic rings. The smallest absolute Gasteiger partial charge is 0.501 e. The van der Waals surface area contributed by atoms with Crippen LogP contribution in [0.3, 0.4) is 0 Å². The summed E-state index contributed by atoms with van der Waals surface area (Å²) in [5.74, 6) is -1.58. The molecule has 0 aliphatic carbocycles. The summed E-state index contributed by atoms with van der Waals surface area (Å²) >= 11 is 2.69. The van der Waals surface area contributed by atoms with E-state index in [1.165, 1.54) is 6.07 Å². The summed E-state index contributed by atoms with van der Waals surface area (Å²) in [6.07, 6.45) is -0.618. The fourth-order valence-electron chi connectivity index (χ4n) is 1.22. The van der Waals surface area contributed by atoms with Gasteiger partial charge in [0.05, 0.1) is 21.1 Å². The van der Waals surface area contributed by atoms with E-state index in [2.05, 4.69) is 15.9 Å². The standard InChI is InChI=1S/C10H6BrF3N2O4S/c11-6-3-5(21(19,20)10(12,13)14)4-7(9(6)18)16-8(17)1-2-15/h3-4,18H,1H2,(H,16,17). The number of phenolic OH excluding ortho intramolecular Hbond substituents is 1. The topological polar surface area (TPSA) is 107 Å². The van der Waals surface area contributed by atoms with E-state index in [0.29, 0.717) is 12.1 Å². The number of carbonyl (C=O) groups is 1. The zero-order valence-electron chi connectivity index (χ0n) is 9.90. The zero-order valence-corrected chi connectivity index (χ0v) is 12.3. The highest BCUT2D eigenvalue weighted by Gasteiger charge is 2.47. The quantitative estimate of drug-likeness (QED) is 0.774. The lowest BCUT2D eigenvalue weighted by molar-refractivity contribution is -0.115. The second-order valence-corrected chi connectivity index (χ2v) is 6.43. The number of halogens is 4. The van der Waals surface area contributed by atoms with Crippen molar-refractivity contribution >= 4 is 37.4 Å². The SMILES string of the molecule is N#CCC(=O)Nc1cc(S(=O)(=O)C(F)(F)F)cc(Br)c1O. The van der Waals surface area contributed by atoms with Gasteiger partial charge in [-0.15, -0.1) is 0 Å². The van der Waals surface area contributed by atoms with E-state index >= 15 is 0 Å². The third kappa shape index (κ3) is 3.64. The number of anilines is 1. The van der Waals surface area contributed by atoms with E-state index in [-0.39, 0.29) is 4.47 Å². The maximum absolute atomic E-state index is 12.5. The summed E-state index contributed by atoms with van der Waals surface area (Å²) in [7, 11) is -5.64. The van der Waals surface area contributed by atoms with Gasteiger partial charge in [0.25, 0.3) is 9.84 Å². The lowest BCUT2D eigenvalue weighted by Gasteiger charge is -2.12. The Morgan fingerprint density at radius 2 is 2.00 bits per heavy atom. The number of alkyl halides is 3. The van der Waals surface area contributed by atoms with Crippen molar-refractivity contribution in [3.8, 4) is 11.8 Å². The molecule has 0 fully saturated rings. The minimum atomic E-state index is -5.64. The first-order valence-electron chi connectivity index (χ1n) is 5.01. The molecule has 0 radical (unpaired) electrons. The molecular formula is C10H6BrF3N2O4S. The number of benzene rings is 1. The largest absolute Gasteiger partial charge is 0.505 e. The second-order valence-electron chi connectivity index (χ2n) is 3.63. The highest BCUT2D eigenvalue weighted by molar-refractivity contribution is 9.10. The predicted molar refractivity (Wildman–Crippen MR) is 67.9 cm³/mol. The molecule has 21 heavy (non-hydrogen) atoms. The molecule has 0 bridgehead atoms. The van der Waals surface area contributed by atoms with Crippen LogP contribution in [-0.4, -0.2) is 24.9 Å². The Morgan fingerprint density at radius 3 is 2.48 bits per heavy atom. The number of nitrogens with zero attached hydrogens (tertiary/aromatic N) is 1. The third-order valence-electron chi connectivity index (χ3n) is 2.17. The van der Waals surface area contributed by atoms with E-state index in [4.69, 9.17) is 5.26 Å². The number of rotatable bonds is 3. The highest BCUT2D eigenvalue weighted by Crippen LogP contribution is 2.39. The molecule has 0 spiro atoms. The molecule has 0 saturated carbocycles. The molecule has 114 valence electrons. The van der Waals surface area contributed by atoms with Crippen LogP contribution in [0.15, 0.2) is 21.5 Å². The Labute approximate surface area is 125 Å². The number of amides is 1. The van der Waals surface area contributed by atoms with Gasteiger partial charge < -0.3 is 10.4 Å². The maximum Gasteiger partial charge on any atom is 0.501 e. The van der Waals surface area contributed by atoms with Gasteiger partial charge in [0.2, 0.25) is 5.91 Å². The van der Waals surface area contributed by atoms with Gasteiger partial charge in [-0.05, 0) is 28.1 Å². The maximum atomic E-state index is 12.5. The van der Waals surface area contributed by atoms with Crippen LogP contribution < -0.4 is 5.32 Å².